The predicted octanol–water partition coefficient (Wildman–Crippen LogP) is 3.72. The van der Waals surface area contributed by atoms with Gasteiger partial charge in [0.05, 0.1) is 0 Å². The molecule has 0 aliphatic rings. The number of nitrogens with one attached hydrogen (secondary N) is 1. The molecule has 0 radical (unpaired) electrons. The van der Waals surface area contributed by atoms with Crippen LogP contribution in [0.25, 0.3) is 0 Å². The van der Waals surface area contributed by atoms with Crippen LogP contribution in [0, 0.1) is 12.8 Å². The number of aromatic nitrogens is 2. The molecule has 1 amide bonds. The minimum Gasteiger partial charge on any atom is -0.351 e. The first kappa shape index (κ1) is 17.9. The van der Waals surface area contributed by atoms with Gasteiger partial charge in [-0.3, -0.25) is 4.79 Å². The van der Waals surface area contributed by atoms with E-state index in [2.05, 4.69) is 48.2 Å². The van der Waals surface area contributed by atoms with Crippen LogP contribution in [0.5, 0.6) is 0 Å². The average molecular weight is 326 g/mol. The Kier molecular flexibility index (Phi) is 6.29. The zero-order chi connectivity index (χ0) is 17.5. The number of benzene rings is 1. The topological polar surface area (TPSA) is 58.1 Å². The predicted molar refractivity (Wildman–Crippen MR) is 97.7 cm³/mol. The molecule has 0 unspecified atom stereocenters. The first-order chi connectivity index (χ1) is 11.5. The average Bonchev–Trinajstić information content (AvgIpc) is 2.55. The van der Waals surface area contributed by atoms with E-state index in [1.807, 2.05) is 24.0 Å². The third-order valence-electron chi connectivity index (χ3n) is 3.75. The van der Waals surface area contributed by atoms with Gasteiger partial charge in [0.1, 0.15) is 5.69 Å². The Hall–Kier alpha value is -2.43. The molecule has 0 saturated carbocycles. The first-order valence-electron chi connectivity index (χ1n) is 8.46. The summed E-state index contributed by atoms with van der Waals surface area (Å²) in [7, 11) is 0. The molecule has 1 aromatic carbocycles. The van der Waals surface area contributed by atoms with Gasteiger partial charge in [-0.2, -0.15) is 0 Å². The molecule has 0 atom stereocenters. The first-order valence-corrected chi connectivity index (χ1v) is 8.46. The molecular weight excluding hydrogens is 300 g/mol. The number of rotatable bonds is 7. The van der Waals surface area contributed by atoms with Crippen molar-refractivity contribution < 1.29 is 4.79 Å². The van der Waals surface area contributed by atoms with Crippen molar-refractivity contribution in [2.24, 2.45) is 5.92 Å². The summed E-state index contributed by atoms with van der Waals surface area (Å²) in [5, 5.41) is 2.92. The normalized spacial score (nSPS) is 10.7. The maximum Gasteiger partial charge on any atom is 0.270 e. The molecule has 0 aliphatic heterocycles. The quantitative estimate of drug-likeness (QED) is 0.842. The summed E-state index contributed by atoms with van der Waals surface area (Å²) in [6.07, 6.45) is 2.59. The molecule has 0 bridgehead atoms. The molecule has 128 valence electrons. The highest BCUT2D eigenvalue weighted by molar-refractivity contribution is 5.92. The minimum atomic E-state index is -0.153. The minimum absolute atomic E-state index is 0.153. The van der Waals surface area contributed by atoms with Crippen LogP contribution in [-0.2, 0) is 0 Å². The number of anilines is 2. The van der Waals surface area contributed by atoms with E-state index in [9.17, 15) is 4.79 Å². The van der Waals surface area contributed by atoms with Gasteiger partial charge in [0.2, 0.25) is 5.95 Å². The molecule has 1 aromatic heterocycles. The number of hydrogen-bond donors (Lipinski definition) is 1. The van der Waals surface area contributed by atoms with Crippen molar-refractivity contribution in [2.75, 3.05) is 18.0 Å². The van der Waals surface area contributed by atoms with E-state index in [0.29, 0.717) is 24.1 Å². The van der Waals surface area contributed by atoms with Crippen LogP contribution >= 0.6 is 0 Å². The van der Waals surface area contributed by atoms with E-state index in [0.717, 1.165) is 18.7 Å². The van der Waals surface area contributed by atoms with Crippen molar-refractivity contribution in [1.82, 2.24) is 15.3 Å². The van der Waals surface area contributed by atoms with Crippen molar-refractivity contribution >= 4 is 17.5 Å². The smallest absolute Gasteiger partial charge is 0.270 e. The SMILES string of the molecule is CCN(c1cccc(C)c1)c1nccc(C(=O)NCCC(C)C)n1. The summed E-state index contributed by atoms with van der Waals surface area (Å²) < 4.78 is 0. The van der Waals surface area contributed by atoms with Crippen molar-refractivity contribution in [1.29, 1.82) is 0 Å². The number of aryl methyl sites for hydroxylation is 1. The third kappa shape index (κ3) is 4.78. The van der Waals surface area contributed by atoms with E-state index >= 15 is 0 Å². The van der Waals surface area contributed by atoms with E-state index in [4.69, 9.17) is 0 Å². The molecule has 1 N–H and O–H groups in total. The summed E-state index contributed by atoms with van der Waals surface area (Å²) in [5.41, 5.74) is 2.60. The van der Waals surface area contributed by atoms with Gasteiger partial charge in [0.15, 0.2) is 0 Å². The van der Waals surface area contributed by atoms with Crippen LogP contribution in [0.4, 0.5) is 11.6 Å². The Morgan fingerprint density at radius 2 is 2.08 bits per heavy atom. The van der Waals surface area contributed by atoms with Gasteiger partial charge in [0, 0.05) is 25.0 Å². The largest absolute Gasteiger partial charge is 0.351 e. The van der Waals surface area contributed by atoms with Crippen LogP contribution in [0.3, 0.4) is 0 Å². The Morgan fingerprint density at radius 3 is 2.75 bits per heavy atom. The number of carbonyl (C=O) groups is 1. The lowest BCUT2D eigenvalue weighted by Gasteiger charge is -2.21. The zero-order valence-electron chi connectivity index (χ0n) is 14.9. The van der Waals surface area contributed by atoms with Crippen LogP contribution in [0.1, 0.15) is 43.2 Å². The Bertz CT molecular complexity index is 685. The van der Waals surface area contributed by atoms with Crippen LogP contribution in [0.15, 0.2) is 36.5 Å². The molecular formula is C19H26N4O. The summed E-state index contributed by atoms with van der Waals surface area (Å²) in [6.45, 7) is 9.75. The standard InChI is InChI=1S/C19H26N4O/c1-5-23(16-8-6-7-15(4)13-16)19-21-12-10-17(22-19)18(24)20-11-9-14(2)3/h6-8,10,12-14H,5,9,11H2,1-4H3,(H,20,24). The second-order valence-corrected chi connectivity index (χ2v) is 6.26. The second kappa shape index (κ2) is 8.43. The molecule has 24 heavy (non-hydrogen) atoms. The zero-order valence-corrected chi connectivity index (χ0v) is 14.9. The maximum absolute atomic E-state index is 12.3. The Morgan fingerprint density at radius 1 is 1.29 bits per heavy atom. The monoisotopic (exact) mass is 326 g/mol. The van der Waals surface area contributed by atoms with Gasteiger partial charge in [-0.1, -0.05) is 26.0 Å². The summed E-state index contributed by atoms with van der Waals surface area (Å²) in [5.74, 6) is 0.947. The highest BCUT2D eigenvalue weighted by Gasteiger charge is 2.14. The summed E-state index contributed by atoms with van der Waals surface area (Å²) in [6, 6.07) is 9.82. The number of nitrogens with zero attached hydrogens (tertiary/aromatic N) is 3. The van der Waals surface area contributed by atoms with Gasteiger partial charge in [-0.05, 0) is 49.9 Å². The van der Waals surface area contributed by atoms with Crippen molar-refractivity contribution in [2.45, 2.75) is 34.1 Å². The molecule has 0 aliphatic carbocycles. The van der Waals surface area contributed by atoms with Gasteiger partial charge in [-0.15, -0.1) is 0 Å². The fraction of sp³-hybridized carbons (Fsp3) is 0.421. The summed E-state index contributed by atoms with van der Waals surface area (Å²) >= 11 is 0. The second-order valence-electron chi connectivity index (χ2n) is 6.26. The lowest BCUT2D eigenvalue weighted by Crippen LogP contribution is -2.27. The van der Waals surface area contributed by atoms with Gasteiger partial charge < -0.3 is 10.2 Å². The molecule has 1 heterocycles. The molecule has 2 rings (SSSR count). The summed E-state index contributed by atoms with van der Waals surface area (Å²) in [4.78, 5) is 23.1. The fourth-order valence-corrected chi connectivity index (χ4v) is 2.41. The van der Waals surface area contributed by atoms with Crippen LogP contribution in [0.2, 0.25) is 0 Å². The molecule has 5 nitrogen and oxygen atoms in total. The van der Waals surface area contributed by atoms with Crippen LogP contribution < -0.4 is 10.2 Å². The maximum atomic E-state index is 12.3. The van der Waals surface area contributed by atoms with Gasteiger partial charge in [0.25, 0.3) is 5.91 Å². The molecule has 0 saturated heterocycles. The molecule has 2 aromatic rings. The lowest BCUT2D eigenvalue weighted by atomic mass is 10.1. The van der Waals surface area contributed by atoms with Crippen molar-refractivity contribution in [3.63, 3.8) is 0 Å². The van der Waals surface area contributed by atoms with E-state index in [1.54, 1.807) is 12.3 Å². The Labute approximate surface area is 144 Å². The highest BCUT2D eigenvalue weighted by atomic mass is 16.1. The number of hydrogen-bond acceptors (Lipinski definition) is 4. The fourth-order valence-electron chi connectivity index (χ4n) is 2.41. The van der Waals surface area contributed by atoms with Gasteiger partial charge in [-0.25, -0.2) is 9.97 Å². The molecule has 0 fully saturated rings. The van der Waals surface area contributed by atoms with Crippen molar-refractivity contribution in [3.8, 4) is 0 Å². The lowest BCUT2D eigenvalue weighted by molar-refractivity contribution is 0.0947. The van der Waals surface area contributed by atoms with Crippen molar-refractivity contribution in [3.05, 3.63) is 47.8 Å². The number of carbonyl (C=O) groups excluding carboxylic acids is 1. The third-order valence-corrected chi connectivity index (χ3v) is 3.75. The number of amides is 1. The van der Waals surface area contributed by atoms with E-state index < -0.39 is 0 Å². The molecule has 0 spiro atoms. The van der Waals surface area contributed by atoms with E-state index in [1.165, 1.54) is 5.56 Å². The van der Waals surface area contributed by atoms with E-state index in [-0.39, 0.29) is 5.91 Å². The highest BCUT2D eigenvalue weighted by Crippen LogP contribution is 2.22. The van der Waals surface area contributed by atoms with Gasteiger partial charge >= 0.3 is 0 Å². The van der Waals surface area contributed by atoms with Crippen LogP contribution in [-0.4, -0.2) is 29.0 Å². The molecule has 5 heteroatoms. The Balaban J connectivity index is 2.17.